The largest absolute Gasteiger partial charge is 0.356 e. The molecular weight excluding hydrogens is 188 g/mol. The number of hydrogen-bond acceptors (Lipinski definition) is 2. The smallest absolute Gasteiger partial charge is 0.154 e. The van der Waals surface area contributed by atoms with E-state index < -0.39 is 0 Å². The van der Waals surface area contributed by atoms with Gasteiger partial charge in [0.1, 0.15) is 0 Å². The van der Waals surface area contributed by atoms with Crippen molar-refractivity contribution in [2.45, 2.75) is 51.4 Å². The first-order valence-corrected chi connectivity index (χ1v) is 6.44. The zero-order chi connectivity index (χ0) is 10.4. The van der Waals surface area contributed by atoms with Crippen LogP contribution in [0, 0.1) is 23.7 Å². The standard InChI is InChI=1S/C13H22O2/c1-8(14-2)15-13-11-4-9-3-10(6-11)7-12(13)5-9/h8-13H,3-7H2,1-2H3. The average molecular weight is 210 g/mol. The fourth-order valence-corrected chi connectivity index (χ4v) is 4.37. The van der Waals surface area contributed by atoms with Crippen molar-refractivity contribution in [2.75, 3.05) is 7.11 Å². The molecule has 0 amide bonds. The molecule has 0 spiro atoms. The van der Waals surface area contributed by atoms with Gasteiger partial charge in [-0.2, -0.15) is 0 Å². The summed E-state index contributed by atoms with van der Waals surface area (Å²) in [6, 6.07) is 0. The van der Waals surface area contributed by atoms with Crippen LogP contribution in [-0.4, -0.2) is 19.5 Å². The molecule has 4 aliphatic carbocycles. The van der Waals surface area contributed by atoms with Gasteiger partial charge in [-0.25, -0.2) is 0 Å². The van der Waals surface area contributed by atoms with Crippen molar-refractivity contribution >= 4 is 0 Å². The van der Waals surface area contributed by atoms with Crippen LogP contribution >= 0.6 is 0 Å². The summed E-state index contributed by atoms with van der Waals surface area (Å²) in [4.78, 5) is 0. The Bertz CT molecular complexity index is 211. The highest BCUT2D eigenvalue weighted by Crippen LogP contribution is 2.54. The summed E-state index contributed by atoms with van der Waals surface area (Å²) >= 11 is 0. The SMILES string of the molecule is COC(C)OC1C2CC3CC(C2)CC1C3. The van der Waals surface area contributed by atoms with Crippen molar-refractivity contribution < 1.29 is 9.47 Å². The van der Waals surface area contributed by atoms with Gasteiger partial charge in [0.25, 0.3) is 0 Å². The van der Waals surface area contributed by atoms with Gasteiger partial charge in [0.15, 0.2) is 6.29 Å². The Kier molecular flexibility index (Phi) is 2.52. The average Bonchev–Trinajstić information content (AvgIpc) is 2.22. The Morgan fingerprint density at radius 1 is 0.933 bits per heavy atom. The van der Waals surface area contributed by atoms with Crippen LogP contribution in [0.4, 0.5) is 0 Å². The Balaban J connectivity index is 1.69. The van der Waals surface area contributed by atoms with E-state index in [1.165, 1.54) is 32.1 Å². The normalized spacial score (nSPS) is 49.6. The molecule has 0 aromatic heterocycles. The van der Waals surface area contributed by atoms with E-state index in [2.05, 4.69) is 0 Å². The van der Waals surface area contributed by atoms with E-state index in [1.54, 1.807) is 7.11 Å². The molecule has 15 heavy (non-hydrogen) atoms. The van der Waals surface area contributed by atoms with Gasteiger partial charge in [-0.05, 0) is 62.7 Å². The van der Waals surface area contributed by atoms with Crippen LogP contribution in [0.25, 0.3) is 0 Å². The van der Waals surface area contributed by atoms with E-state index >= 15 is 0 Å². The molecule has 0 N–H and O–H groups in total. The highest BCUT2D eigenvalue weighted by Gasteiger charge is 2.49. The maximum Gasteiger partial charge on any atom is 0.154 e. The molecule has 0 saturated heterocycles. The summed E-state index contributed by atoms with van der Waals surface area (Å²) < 4.78 is 11.3. The molecule has 2 heteroatoms. The molecule has 0 radical (unpaired) electrons. The first-order valence-electron chi connectivity index (χ1n) is 6.44. The van der Waals surface area contributed by atoms with Crippen LogP contribution < -0.4 is 0 Å². The maximum atomic E-state index is 6.05. The highest BCUT2D eigenvalue weighted by molar-refractivity contribution is 4.99. The molecule has 4 saturated carbocycles. The van der Waals surface area contributed by atoms with E-state index in [0.717, 1.165) is 23.7 Å². The third-order valence-corrected chi connectivity index (χ3v) is 4.82. The van der Waals surface area contributed by atoms with Gasteiger partial charge < -0.3 is 9.47 Å². The first-order chi connectivity index (χ1) is 7.26. The van der Waals surface area contributed by atoms with Gasteiger partial charge in [0.05, 0.1) is 6.10 Å². The van der Waals surface area contributed by atoms with Crippen molar-refractivity contribution in [3.8, 4) is 0 Å². The number of ether oxygens (including phenoxy) is 2. The molecule has 4 bridgehead atoms. The van der Waals surface area contributed by atoms with Gasteiger partial charge in [-0.3, -0.25) is 0 Å². The minimum Gasteiger partial charge on any atom is -0.356 e. The molecule has 0 aromatic carbocycles. The minimum atomic E-state index is -0.0208. The maximum absolute atomic E-state index is 6.05. The van der Waals surface area contributed by atoms with Gasteiger partial charge in [-0.15, -0.1) is 0 Å². The topological polar surface area (TPSA) is 18.5 Å². The Morgan fingerprint density at radius 3 is 1.93 bits per heavy atom. The second-order valence-electron chi connectivity index (χ2n) is 5.83. The summed E-state index contributed by atoms with van der Waals surface area (Å²) in [6.45, 7) is 2.02. The van der Waals surface area contributed by atoms with Gasteiger partial charge in [-0.1, -0.05) is 0 Å². The summed E-state index contributed by atoms with van der Waals surface area (Å²) in [5.41, 5.74) is 0. The monoisotopic (exact) mass is 210 g/mol. The molecular formula is C13H22O2. The minimum absolute atomic E-state index is 0.0208. The van der Waals surface area contributed by atoms with E-state index in [0.29, 0.717) is 6.10 Å². The van der Waals surface area contributed by atoms with Gasteiger partial charge >= 0.3 is 0 Å². The van der Waals surface area contributed by atoms with Crippen molar-refractivity contribution in [3.63, 3.8) is 0 Å². The van der Waals surface area contributed by atoms with E-state index in [9.17, 15) is 0 Å². The molecule has 0 aliphatic heterocycles. The molecule has 2 nitrogen and oxygen atoms in total. The third kappa shape index (κ3) is 1.72. The molecule has 0 heterocycles. The Hall–Kier alpha value is -0.0800. The first kappa shape index (κ1) is 10.1. The quantitative estimate of drug-likeness (QED) is 0.667. The van der Waals surface area contributed by atoms with E-state index in [1.807, 2.05) is 6.92 Å². The van der Waals surface area contributed by atoms with Crippen LogP contribution in [0.5, 0.6) is 0 Å². The van der Waals surface area contributed by atoms with Gasteiger partial charge in [0, 0.05) is 7.11 Å². The lowest BCUT2D eigenvalue weighted by molar-refractivity contribution is -0.210. The number of hydrogen-bond donors (Lipinski definition) is 0. The van der Waals surface area contributed by atoms with E-state index in [4.69, 9.17) is 9.47 Å². The molecule has 0 aromatic rings. The summed E-state index contributed by atoms with van der Waals surface area (Å²) in [5.74, 6) is 3.76. The highest BCUT2D eigenvalue weighted by atomic mass is 16.7. The lowest BCUT2D eigenvalue weighted by atomic mass is 9.55. The lowest BCUT2D eigenvalue weighted by Gasteiger charge is -2.54. The predicted octanol–water partition coefficient (Wildman–Crippen LogP) is 2.82. The second-order valence-corrected chi connectivity index (χ2v) is 5.83. The van der Waals surface area contributed by atoms with E-state index in [-0.39, 0.29) is 6.29 Å². The molecule has 1 atom stereocenters. The van der Waals surface area contributed by atoms with Crippen molar-refractivity contribution in [3.05, 3.63) is 0 Å². The Morgan fingerprint density at radius 2 is 1.47 bits per heavy atom. The number of methoxy groups -OCH3 is 1. The molecule has 4 rings (SSSR count). The second kappa shape index (κ2) is 3.74. The van der Waals surface area contributed by atoms with Crippen LogP contribution in [-0.2, 0) is 9.47 Å². The van der Waals surface area contributed by atoms with Crippen LogP contribution in [0.15, 0.2) is 0 Å². The zero-order valence-electron chi connectivity index (χ0n) is 9.82. The molecule has 4 fully saturated rings. The molecule has 1 unspecified atom stereocenters. The van der Waals surface area contributed by atoms with Crippen LogP contribution in [0.1, 0.15) is 39.0 Å². The van der Waals surface area contributed by atoms with Crippen molar-refractivity contribution in [1.82, 2.24) is 0 Å². The predicted molar refractivity (Wildman–Crippen MR) is 58.4 cm³/mol. The lowest BCUT2D eigenvalue weighted by Crippen LogP contribution is -2.50. The fourth-order valence-electron chi connectivity index (χ4n) is 4.37. The fraction of sp³-hybridized carbons (Fsp3) is 1.00. The Labute approximate surface area is 92.3 Å². The van der Waals surface area contributed by atoms with Gasteiger partial charge in [0.2, 0.25) is 0 Å². The third-order valence-electron chi connectivity index (χ3n) is 4.82. The molecule has 86 valence electrons. The van der Waals surface area contributed by atoms with Crippen LogP contribution in [0.2, 0.25) is 0 Å². The summed E-state index contributed by atoms with van der Waals surface area (Å²) in [5, 5.41) is 0. The summed E-state index contributed by atoms with van der Waals surface area (Å²) in [6.07, 6.45) is 7.70. The summed E-state index contributed by atoms with van der Waals surface area (Å²) in [7, 11) is 1.74. The van der Waals surface area contributed by atoms with Crippen molar-refractivity contribution in [1.29, 1.82) is 0 Å². The van der Waals surface area contributed by atoms with Crippen LogP contribution in [0.3, 0.4) is 0 Å². The molecule has 4 aliphatic rings. The van der Waals surface area contributed by atoms with Crippen molar-refractivity contribution in [2.24, 2.45) is 23.7 Å². The number of rotatable bonds is 3. The zero-order valence-corrected chi connectivity index (χ0v) is 9.82.